The van der Waals surface area contributed by atoms with Gasteiger partial charge in [-0.15, -0.1) is 0 Å². The predicted octanol–water partition coefficient (Wildman–Crippen LogP) is 3.57. The fourth-order valence-electron chi connectivity index (χ4n) is 2.18. The van der Waals surface area contributed by atoms with Crippen LogP contribution in [0, 0.1) is 0 Å². The van der Waals surface area contributed by atoms with Gasteiger partial charge >= 0.3 is 5.97 Å². The van der Waals surface area contributed by atoms with Crippen molar-refractivity contribution in [2.24, 2.45) is 0 Å². The maximum Gasteiger partial charge on any atom is 0.304 e. The Morgan fingerprint density at radius 1 is 1.12 bits per heavy atom. The van der Waals surface area contributed by atoms with Gasteiger partial charge in [0.05, 0.1) is 18.2 Å². The van der Waals surface area contributed by atoms with Crippen molar-refractivity contribution < 1.29 is 14.7 Å². The van der Waals surface area contributed by atoms with Gasteiger partial charge < -0.3 is 10.4 Å². The molecular formula is C19H22N2O3S. The van der Waals surface area contributed by atoms with Crippen LogP contribution in [0.4, 0.5) is 5.69 Å². The number of aliphatic carboxylic acids is 1. The molecule has 2 aromatic rings. The van der Waals surface area contributed by atoms with Crippen molar-refractivity contribution in [3.05, 3.63) is 54.6 Å². The molecule has 2 N–H and O–H groups in total. The van der Waals surface area contributed by atoms with Gasteiger partial charge in [0.25, 0.3) is 0 Å². The van der Waals surface area contributed by atoms with Crippen LogP contribution >= 0.6 is 11.8 Å². The maximum atomic E-state index is 12.5. The number of benzene rings is 2. The zero-order valence-corrected chi connectivity index (χ0v) is 15.1. The first-order valence-corrected chi connectivity index (χ1v) is 8.84. The van der Waals surface area contributed by atoms with Crippen molar-refractivity contribution in [2.75, 3.05) is 18.9 Å². The van der Waals surface area contributed by atoms with Crippen molar-refractivity contribution in [1.82, 2.24) is 4.90 Å². The summed E-state index contributed by atoms with van der Waals surface area (Å²) in [6.45, 7) is 2.09. The van der Waals surface area contributed by atoms with Crippen LogP contribution in [-0.4, -0.2) is 41.5 Å². The molecule has 0 heterocycles. The number of carboxylic acid groups (broad SMARTS) is 1. The van der Waals surface area contributed by atoms with Crippen molar-refractivity contribution in [3.8, 4) is 0 Å². The van der Waals surface area contributed by atoms with E-state index in [2.05, 4.69) is 5.32 Å². The van der Waals surface area contributed by atoms with E-state index in [0.29, 0.717) is 6.54 Å². The molecule has 5 nitrogen and oxygen atoms in total. The summed E-state index contributed by atoms with van der Waals surface area (Å²) in [7, 11) is 1.75. The Balaban J connectivity index is 2.04. The smallest absolute Gasteiger partial charge is 0.304 e. The lowest BCUT2D eigenvalue weighted by molar-refractivity contribution is -0.137. The number of carbonyl (C=O) groups excluding carboxylic acids is 1. The molecule has 132 valence electrons. The van der Waals surface area contributed by atoms with Gasteiger partial charge in [0.2, 0.25) is 5.91 Å². The van der Waals surface area contributed by atoms with E-state index < -0.39 is 12.0 Å². The molecule has 2 aromatic carbocycles. The SMILES string of the molecule is CC(C(=O)Nc1ccccc1Sc1ccccc1)N(C)CCC(=O)O. The van der Waals surface area contributed by atoms with E-state index >= 15 is 0 Å². The molecule has 0 bridgehead atoms. The van der Waals surface area contributed by atoms with Crippen LogP contribution < -0.4 is 5.32 Å². The fraction of sp³-hybridized carbons (Fsp3) is 0.263. The zero-order valence-electron chi connectivity index (χ0n) is 14.3. The van der Waals surface area contributed by atoms with Crippen LogP contribution in [0.15, 0.2) is 64.4 Å². The first-order chi connectivity index (χ1) is 12.0. The lowest BCUT2D eigenvalue weighted by Crippen LogP contribution is -2.40. The second kappa shape index (κ2) is 9.25. The van der Waals surface area contributed by atoms with Crippen LogP contribution in [-0.2, 0) is 9.59 Å². The molecule has 0 saturated carbocycles. The highest BCUT2D eigenvalue weighted by Crippen LogP contribution is 2.33. The van der Waals surface area contributed by atoms with Crippen LogP contribution in [0.25, 0.3) is 0 Å². The second-order valence-corrected chi connectivity index (χ2v) is 6.82. The molecule has 1 amide bonds. The highest BCUT2D eigenvalue weighted by atomic mass is 32.2. The van der Waals surface area contributed by atoms with Crippen molar-refractivity contribution in [1.29, 1.82) is 0 Å². The van der Waals surface area contributed by atoms with E-state index in [4.69, 9.17) is 5.11 Å². The maximum absolute atomic E-state index is 12.5. The number of hydrogen-bond acceptors (Lipinski definition) is 4. The Labute approximate surface area is 152 Å². The van der Waals surface area contributed by atoms with Crippen molar-refractivity contribution in [3.63, 3.8) is 0 Å². The molecule has 25 heavy (non-hydrogen) atoms. The van der Waals surface area contributed by atoms with Gasteiger partial charge in [0.1, 0.15) is 0 Å². The number of nitrogens with one attached hydrogen (secondary N) is 1. The molecule has 0 radical (unpaired) electrons. The molecule has 0 aromatic heterocycles. The van der Waals surface area contributed by atoms with Gasteiger partial charge in [-0.25, -0.2) is 0 Å². The molecule has 1 unspecified atom stereocenters. The van der Waals surface area contributed by atoms with Gasteiger partial charge in [-0.1, -0.05) is 42.1 Å². The molecule has 2 rings (SSSR count). The first-order valence-electron chi connectivity index (χ1n) is 8.02. The van der Waals surface area contributed by atoms with Crippen LogP contribution in [0.1, 0.15) is 13.3 Å². The lowest BCUT2D eigenvalue weighted by Gasteiger charge is -2.23. The summed E-state index contributed by atoms with van der Waals surface area (Å²) in [5, 5.41) is 11.7. The highest BCUT2D eigenvalue weighted by molar-refractivity contribution is 7.99. The standard InChI is InChI=1S/C19H22N2O3S/c1-14(21(2)13-12-18(22)23)19(24)20-16-10-6-7-11-17(16)25-15-8-4-3-5-9-15/h3-11,14H,12-13H2,1-2H3,(H,20,24)(H,22,23). The van der Waals surface area contributed by atoms with Crippen molar-refractivity contribution >= 4 is 29.3 Å². The average Bonchev–Trinajstić information content (AvgIpc) is 2.61. The summed E-state index contributed by atoms with van der Waals surface area (Å²) in [6.07, 6.45) is 0.00850. The fourth-order valence-corrected chi connectivity index (χ4v) is 3.10. The minimum atomic E-state index is -0.871. The van der Waals surface area contributed by atoms with E-state index in [-0.39, 0.29) is 12.3 Å². The third-order valence-electron chi connectivity index (χ3n) is 3.83. The number of rotatable bonds is 8. The van der Waals surface area contributed by atoms with Gasteiger partial charge in [-0.2, -0.15) is 0 Å². The summed E-state index contributed by atoms with van der Waals surface area (Å²) in [5.74, 6) is -1.03. The second-order valence-electron chi connectivity index (χ2n) is 5.70. The molecule has 6 heteroatoms. The summed E-state index contributed by atoms with van der Waals surface area (Å²) < 4.78 is 0. The molecule has 0 spiro atoms. The van der Waals surface area contributed by atoms with Crippen molar-refractivity contribution in [2.45, 2.75) is 29.2 Å². The zero-order chi connectivity index (χ0) is 18.2. The quantitative estimate of drug-likeness (QED) is 0.755. The molecular weight excluding hydrogens is 336 g/mol. The predicted molar refractivity (Wildman–Crippen MR) is 100.0 cm³/mol. The van der Waals surface area contributed by atoms with E-state index in [9.17, 15) is 9.59 Å². The third-order valence-corrected chi connectivity index (χ3v) is 4.92. The first kappa shape index (κ1) is 19.0. The molecule has 0 aliphatic heterocycles. The average molecular weight is 358 g/mol. The highest BCUT2D eigenvalue weighted by Gasteiger charge is 2.19. The van der Waals surface area contributed by atoms with Gasteiger partial charge in [0, 0.05) is 16.3 Å². The number of para-hydroxylation sites is 1. The van der Waals surface area contributed by atoms with Gasteiger partial charge in [-0.05, 0) is 38.2 Å². The molecule has 0 fully saturated rings. The van der Waals surface area contributed by atoms with Crippen LogP contribution in [0.3, 0.4) is 0 Å². The number of amides is 1. The summed E-state index contributed by atoms with van der Waals surface area (Å²) in [5.41, 5.74) is 0.750. The largest absolute Gasteiger partial charge is 0.481 e. The van der Waals surface area contributed by atoms with E-state index in [1.165, 1.54) is 0 Å². The Morgan fingerprint density at radius 2 is 1.76 bits per heavy atom. The van der Waals surface area contributed by atoms with Gasteiger partial charge in [0.15, 0.2) is 0 Å². The number of carboxylic acids is 1. The molecule has 0 aliphatic rings. The van der Waals surface area contributed by atoms with Crippen LogP contribution in [0.5, 0.6) is 0 Å². The number of nitrogens with zero attached hydrogens (tertiary/aromatic N) is 1. The third kappa shape index (κ3) is 5.92. The number of likely N-dealkylation sites (N-methyl/N-ethyl adjacent to an activating group) is 1. The van der Waals surface area contributed by atoms with Crippen LogP contribution in [0.2, 0.25) is 0 Å². The van der Waals surface area contributed by atoms with Gasteiger partial charge in [-0.3, -0.25) is 14.5 Å². The Kier molecular flexibility index (Phi) is 7.03. The Bertz CT molecular complexity index is 722. The van der Waals surface area contributed by atoms with E-state index in [1.54, 1.807) is 30.6 Å². The Morgan fingerprint density at radius 3 is 2.44 bits per heavy atom. The number of anilines is 1. The Hall–Kier alpha value is -2.31. The minimum Gasteiger partial charge on any atom is -0.481 e. The normalized spacial score (nSPS) is 12.0. The lowest BCUT2D eigenvalue weighted by atomic mass is 10.2. The molecule has 0 saturated heterocycles. The number of carbonyl (C=O) groups is 2. The minimum absolute atomic E-state index is 0.00850. The van der Waals surface area contributed by atoms with E-state index in [1.807, 2.05) is 54.6 Å². The summed E-state index contributed by atoms with van der Waals surface area (Å²) in [6, 6.07) is 17.2. The molecule has 1 atom stereocenters. The van der Waals surface area contributed by atoms with E-state index in [0.717, 1.165) is 15.5 Å². The monoisotopic (exact) mass is 358 g/mol. The summed E-state index contributed by atoms with van der Waals surface area (Å²) in [4.78, 5) is 27.0. The topological polar surface area (TPSA) is 69.6 Å². The summed E-state index contributed by atoms with van der Waals surface area (Å²) >= 11 is 1.58. The number of hydrogen-bond donors (Lipinski definition) is 2. The molecule has 0 aliphatic carbocycles.